The summed E-state index contributed by atoms with van der Waals surface area (Å²) in [5.74, 6) is 0.436. The van der Waals surface area contributed by atoms with E-state index in [0.717, 1.165) is 0 Å². The molecule has 0 heterocycles. The van der Waals surface area contributed by atoms with E-state index in [1.807, 2.05) is 18.2 Å². The molecule has 1 unspecified atom stereocenters. The molecule has 0 aliphatic heterocycles. The Kier molecular flexibility index (Phi) is 5.94. The number of thiocarbonyl (C=S) groups is 1. The molecule has 0 aliphatic rings. The summed E-state index contributed by atoms with van der Waals surface area (Å²) in [5, 5.41) is 15.5. The Balaban J connectivity index is 2.65. The molecule has 0 aliphatic carbocycles. The van der Waals surface area contributed by atoms with Crippen LogP contribution in [0.3, 0.4) is 0 Å². The lowest BCUT2D eigenvalue weighted by atomic mass is 9.96. The molecular weight excluding hydrogens is 232 g/mol. The average Bonchev–Trinajstić information content (AvgIpc) is 2.34. The van der Waals surface area contributed by atoms with E-state index in [0.29, 0.717) is 17.6 Å². The van der Waals surface area contributed by atoms with Crippen LogP contribution in [0.4, 0.5) is 0 Å². The van der Waals surface area contributed by atoms with Crippen LogP contribution in [0.1, 0.15) is 25.5 Å². The highest BCUT2D eigenvalue weighted by atomic mass is 32.1. The summed E-state index contributed by atoms with van der Waals surface area (Å²) in [6, 6.07) is 10.4. The predicted molar refractivity (Wildman–Crippen MR) is 74.8 cm³/mol. The van der Waals surface area contributed by atoms with E-state index >= 15 is 0 Å². The summed E-state index contributed by atoms with van der Waals surface area (Å²) < 4.78 is 0. The van der Waals surface area contributed by atoms with Gasteiger partial charge in [0.2, 0.25) is 0 Å². The van der Waals surface area contributed by atoms with E-state index in [2.05, 4.69) is 36.6 Å². The molecule has 0 spiro atoms. The Morgan fingerprint density at radius 1 is 1.29 bits per heavy atom. The first-order chi connectivity index (χ1) is 8.15. The molecule has 17 heavy (non-hydrogen) atoms. The molecule has 3 N–H and O–H groups in total. The maximum Gasteiger partial charge on any atom is 0.166 e. The molecule has 1 atom stereocenters. The summed E-state index contributed by atoms with van der Waals surface area (Å²) in [4.78, 5) is 0. The fourth-order valence-electron chi connectivity index (χ4n) is 1.66. The normalized spacial score (nSPS) is 12.2. The van der Waals surface area contributed by atoms with E-state index in [4.69, 9.17) is 17.3 Å². The minimum Gasteiger partial charge on any atom is -0.395 e. The molecule has 0 bridgehead atoms. The zero-order valence-electron chi connectivity index (χ0n) is 10.3. The number of benzene rings is 1. The van der Waals surface area contributed by atoms with Crippen LogP contribution in [0.25, 0.3) is 0 Å². The molecule has 0 saturated heterocycles. The van der Waals surface area contributed by atoms with Crippen molar-refractivity contribution < 1.29 is 5.11 Å². The van der Waals surface area contributed by atoms with Gasteiger partial charge in [0.15, 0.2) is 5.11 Å². The van der Waals surface area contributed by atoms with Crippen LogP contribution in [0, 0.1) is 5.92 Å². The molecule has 0 fully saturated rings. The Labute approximate surface area is 108 Å². The van der Waals surface area contributed by atoms with Gasteiger partial charge in [-0.2, -0.15) is 0 Å². The van der Waals surface area contributed by atoms with Crippen LogP contribution in [0.2, 0.25) is 0 Å². The monoisotopic (exact) mass is 252 g/mol. The van der Waals surface area contributed by atoms with Gasteiger partial charge in [0, 0.05) is 6.54 Å². The lowest BCUT2D eigenvalue weighted by Gasteiger charge is -2.24. The number of nitrogens with one attached hydrogen (secondary N) is 2. The Bertz CT molecular complexity index is 341. The third kappa shape index (κ3) is 4.71. The van der Waals surface area contributed by atoms with Crippen LogP contribution in [0.5, 0.6) is 0 Å². The van der Waals surface area contributed by atoms with Crippen LogP contribution in [0.15, 0.2) is 30.3 Å². The van der Waals surface area contributed by atoms with E-state index in [1.165, 1.54) is 5.56 Å². The van der Waals surface area contributed by atoms with Crippen molar-refractivity contribution in [3.63, 3.8) is 0 Å². The largest absolute Gasteiger partial charge is 0.395 e. The minimum atomic E-state index is 0.0828. The molecule has 0 saturated carbocycles. The van der Waals surface area contributed by atoms with Crippen molar-refractivity contribution in [3.05, 3.63) is 35.9 Å². The summed E-state index contributed by atoms with van der Waals surface area (Å²) in [7, 11) is 0. The SMILES string of the molecule is CC(C)C(NC(=S)NCCO)c1ccccc1. The van der Waals surface area contributed by atoms with Crippen molar-refractivity contribution in [2.45, 2.75) is 19.9 Å². The third-order valence-corrected chi connectivity index (χ3v) is 2.77. The van der Waals surface area contributed by atoms with Gasteiger partial charge in [-0.15, -0.1) is 0 Å². The second kappa shape index (κ2) is 7.25. The zero-order valence-corrected chi connectivity index (χ0v) is 11.1. The smallest absolute Gasteiger partial charge is 0.166 e. The molecule has 1 aromatic rings. The van der Waals surface area contributed by atoms with E-state index in [-0.39, 0.29) is 12.6 Å². The third-order valence-electron chi connectivity index (χ3n) is 2.51. The Morgan fingerprint density at radius 2 is 1.94 bits per heavy atom. The fraction of sp³-hybridized carbons (Fsp3) is 0.462. The van der Waals surface area contributed by atoms with Gasteiger partial charge in [-0.3, -0.25) is 0 Å². The van der Waals surface area contributed by atoms with Gasteiger partial charge in [0.1, 0.15) is 0 Å². The van der Waals surface area contributed by atoms with Crippen LogP contribution < -0.4 is 10.6 Å². The number of hydrogen-bond acceptors (Lipinski definition) is 2. The molecule has 0 amide bonds. The van der Waals surface area contributed by atoms with Gasteiger partial charge in [0.25, 0.3) is 0 Å². The topological polar surface area (TPSA) is 44.3 Å². The summed E-state index contributed by atoms with van der Waals surface area (Å²) in [5.41, 5.74) is 1.22. The van der Waals surface area contributed by atoms with Crippen molar-refractivity contribution in [2.75, 3.05) is 13.2 Å². The first-order valence-electron chi connectivity index (χ1n) is 5.85. The van der Waals surface area contributed by atoms with Crippen LogP contribution in [-0.2, 0) is 0 Å². The predicted octanol–water partition coefficient (Wildman–Crippen LogP) is 1.84. The maximum absolute atomic E-state index is 8.73. The van der Waals surface area contributed by atoms with Gasteiger partial charge < -0.3 is 15.7 Å². The maximum atomic E-state index is 8.73. The fourth-order valence-corrected chi connectivity index (χ4v) is 1.89. The van der Waals surface area contributed by atoms with Gasteiger partial charge in [-0.1, -0.05) is 44.2 Å². The Hall–Kier alpha value is -1.13. The number of hydrogen-bond donors (Lipinski definition) is 3. The van der Waals surface area contributed by atoms with Gasteiger partial charge >= 0.3 is 0 Å². The van der Waals surface area contributed by atoms with Crippen molar-refractivity contribution in [1.82, 2.24) is 10.6 Å². The number of aliphatic hydroxyl groups is 1. The van der Waals surface area contributed by atoms with Crippen molar-refractivity contribution in [3.8, 4) is 0 Å². The highest BCUT2D eigenvalue weighted by Gasteiger charge is 2.15. The van der Waals surface area contributed by atoms with E-state index in [9.17, 15) is 0 Å². The Morgan fingerprint density at radius 3 is 2.47 bits per heavy atom. The first kappa shape index (κ1) is 13.9. The number of aliphatic hydroxyl groups excluding tert-OH is 1. The molecule has 4 heteroatoms. The zero-order chi connectivity index (χ0) is 12.7. The lowest BCUT2D eigenvalue weighted by Crippen LogP contribution is -2.40. The summed E-state index contributed by atoms with van der Waals surface area (Å²) in [6.45, 7) is 4.86. The molecule has 1 aromatic carbocycles. The van der Waals surface area contributed by atoms with Gasteiger partial charge in [-0.05, 0) is 23.7 Å². The van der Waals surface area contributed by atoms with Crippen molar-refractivity contribution in [2.24, 2.45) is 5.92 Å². The number of rotatable bonds is 5. The van der Waals surface area contributed by atoms with Crippen molar-refractivity contribution >= 4 is 17.3 Å². The second-order valence-electron chi connectivity index (χ2n) is 4.26. The van der Waals surface area contributed by atoms with Crippen LogP contribution >= 0.6 is 12.2 Å². The highest BCUT2D eigenvalue weighted by Crippen LogP contribution is 2.20. The minimum absolute atomic E-state index is 0.0828. The summed E-state index contributed by atoms with van der Waals surface area (Å²) in [6.07, 6.45) is 0. The highest BCUT2D eigenvalue weighted by molar-refractivity contribution is 7.80. The lowest BCUT2D eigenvalue weighted by molar-refractivity contribution is 0.300. The molecule has 0 aromatic heterocycles. The van der Waals surface area contributed by atoms with E-state index < -0.39 is 0 Å². The molecule has 3 nitrogen and oxygen atoms in total. The quantitative estimate of drug-likeness (QED) is 0.700. The van der Waals surface area contributed by atoms with Gasteiger partial charge in [-0.25, -0.2) is 0 Å². The molecule has 0 radical (unpaired) electrons. The average molecular weight is 252 g/mol. The van der Waals surface area contributed by atoms with Gasteiger partial charge in [0.05, 0.1) is 12.6 Å². The van der Waals surface area contributed by atoms with Crippen LogP contribution in [-0.4, -0.2) is 23.4 Å². The molecule has 94 valence electrons. The van der Waals surface area contributed by atoms with Crippen molar-refractivity contribution in [1.29, 1.82) is 0 Å². The molecule has 1 rings (SSSR count). The second-order valence-corrected chi connectivity index (χ2v) is 4.66. The first-order valence-corrected chi connectivity index (χ1v) is 6.26. The summed E-state index contributed by atoms with van der Waals surface area (Å²) >= 11 is 5.18. The molecular formula is C13H20N2OS. The standard InChI is InChI=1S/C13H20N2OS/c1-10(2)12(11-6-4-3-5-7-11)15-13(17)14-8-9-16/h3-7,10,12,16H,8-9H2,1-2H3,(H2,14,15,17). The van der Waals surface area contributed by atoms with E-state index in [1.54, 1.807) is 0 Å².